The zero-order valence-electron chi connectivity index (χ0n) is 22.4. The van der Waals surface area contributed by atoms with Crippen LogP contribution in [0.4, 0.5) is 5.82 Å². The van der Waals surface area contributed by atoms with Crippen molar-refractivity contribution in [2.24, 2.45) is 5.41 Å². The van der Waals surface area contributed by atoms with Gasteiger partial charge in [0.1, 0.15) is 5.82 Å². The first-order valence-electron chi connectivity index (χ1n) is 13.6. The Morgan fingerprint density at radius 2 is 1.68 bits per heavy atom. The molecule has 3 aromatic carbocycles. The first-order valence-corrected chi connectivity index (χ1v) is 13.6. The number of rotatable bonds is 3. The lowest BCUT2D eigenvalue weighted by Gasteiger charge is -2.38. The highest BCUT2D eigenvalue weighted by molar-refractivity contribution is 6.09. The molecule has 0 amide bonds. The van der Waals surface area contributed by atoms with Crippen molar-refractivity contribution in [1.82, 2.24) is 14.3 Å². The van der Waals surface area contributed by atoms with Crippen LogP contribution in [0.5, 0.6) is 0 Å². The largest absolute Gasteiger partial charge is 0.343 e. The second-order valence-electron chi connectivity index (χ2n) is 11.5. The molecule has 7 rings (SSSR count). The van der Waals surface area contributed by atoms with E-state index in [9.17, 15) is 4.79 Å². The second-order valence-corrected chi connectivity index (χ2v) is 11.5. The lowest BCUT2D eigenvalue weighted by atomic mass is 9.69. The monoisotopic (exact) mass is 500 g/mol. The van der Waals surface area contributed by atoms with Gasteiger partial charge < -0.3 is 9.88 Å². The third kappa shape index (κ3) is 3.31. The number of hydrogen-bond donors (Lipinski definition) is 1. The fraction of sp³-hybridized carbons (Fsp3) is 0.273. The van der Waals surface area contributed by atoms with Crippen LogP contribution in [0.1, 0.15) is 56.4 Å². The first kappa shape index (κ1) is 23.0. The quantitative estimate of drug-likeness (QED) is 0.279. The van der Waals surface area contributed by atoms with Crippen molar-refractivity contribution in [3.63, 3.8) is 0 Å². The molecule has 0 fully saturated rings. The Morgan fingerprint density at radius 3 is 2.47 bits per heavy atom. The van der Waals surface area contributed by atoms with Gasteiger partial charge in [0.2, 0.25) is 0 Å². The van der Waals surface area contributed by atoms with Crippen molar-refractivity contribution in [3.05, 3.63) is 101 Å². The maximum absolute atomic E-state index is 13.8. The van der Waals surface area contributed by atoms with E-state index in [2.05, 4.69) is 92.2 Å². The molecule has 0 bridgehead atoms. The normalized spacial score (nSPS) is 18.5. The molecule has 190 valence electrons. The molecular weight excluding hydrogens is 468 g/mol. The fourth-order valence-corrected chi connectivity index (χ4v) is 6.75. The number of carbonyl (C=O) groups is 1. The van der Waals surface area contributed by atoms with Crippen molar-refractivity contribution in [3.8, 4) is 5.69 Å². The van der Waals surface area contributed by atoms with Crippen LogP contribution in [0, 0.1) is 12.3 Å². The standard InChI is InChI=1S/C33H32N4O/c1-5-36-26-14-10-9-13-23(26)24-17-21(15-16-27(24)36)30-29-20(2)35-37(22-11-7-6-8-12-22)32(29)34-25-18-33(3,4)19-28(38)31(25)30/h6-17,30,34H,5,18-19H2,1-4H3. The number of nitrogens with one attached hydrogen (secondary N) is 1. The number of fused-ring (bicyclic) bond motifs is 4. The van der Waals surface area contributed by atoms with Crippen LogP contribution in [0.25, 0.3) is 27.5 Å². The van der Waals surface area contributed by atoms with Crippen LogP contribution in [-0.4, -0.2) is 20.1 Å². The van der Waals surface area contributed by atoms with Crippen molar-refractivity contribution >= 4 is 33.4 Å². The molecule has 38 heavy (non-hydrogen) atoms. The number of benzene rings is 3. The van der Waals surface area contributed by atoms with Crippen LogP contribution in [-0.2, 0) is 11.3 Å². The molecular formula is C33H32N4O. The van der Waals surface area contributed by atoms with Crippen molar-refractivity contribution in [2.75, 3.05) is 5.32 Å². The lowest BCUT2D eigenvalue weighted by Crippen LogP contribution is -2.34. The smallest absolute Gasteiger partial charge is 0.162 e. The molecule has 0 saturated carbocycles. The molecule has 5 nitrogen and oxygen atoms in total. The Morgan fingerprint density at radius 1 is 0.947 bits per heavy atom. The zero-order chi connectivity index (χ0) is 26.2. The van der Waals surface area contributed by atoms with Gasteiger partial charge in [-0.25, -0.2) is 4.68 Å². The molecule has 5 aromatic rings. The number of ketones is 1. The van der Waals surface area contributed by atoms with Gasteiger partial charge in [-0.05, 0) is 61.6 Å². The summed E-state index contributed by atoms with van der Waals surface area (Å²) >= 11 is 0. The molecule has 2 aliphatic rings. The molecule has 1 aliphatic carbocycles. The minimum Gasteiger partial charge on any atom is -0.343 e. The summed E-state index contributed by atoms with van der Waals surface area (Å²) in [6, 6.07) is 25.7. The van der Waals surface area contributed by atoms with Gasteiger partial charge in [0.15, 0.2) is 5.78 Å². The summed E-state index contributed by atoms with van der Waals surface area (Å²) in [5, 5.41) is 11.2. The summed E-state index contributed by atoms with van der Waals surface area (Å²) in [6.07, 6.45) is 1.39. The highest BCUT2D eigenvalue weighted by Gasteiger charge is 2.43. The van der Waals surface area contributed by atoms with E-state index in [4.69, 9.17) is 5.10 Å². The van der Waals surface area contributed by atoms with Gasteiger partial charge in [-0.2, -0.15) is 5.10 Å². The molecule has 1 atom stereocenters. The molecule has 0 spiro atoms. The number of nitrogens with zero attached hydrogens (tertiary/aromatic N) is 3. The maximum Gasteiger partial charge on any atom is 0.162 e. The summed E-state index contributed by atoms with van der Waals surface area (Å²) in [5.74, 6) is 1.05. The van der Waals surface area contributed by atoms with E-state index in [0.29, 0.717) is 6.42 Å². The van der Waals surface area contributed by atoms with Crippen LogP contribution < -0.4 is 5.32 Å². The highest BCUT2D eigenvalue weighted by atomic mass is 16.1. The number of para-hydroxylation sites is 2. The van der Waals surface area contributed by atoms with Crippen LogP contribution in [0.3, 0.4) is 0 Å². The van der Waals surface area contributed by atoms with E-state index in [1.54, 1.807) is 0 Å². The van der Waals surface area contributed by atoms with E-state index in [1.165, 1.54) is 21.8 Å². The molecule has 1 aliphatic heterocycles. The van der Waals surface area contributed by atoms with Gasteiger partial charge >= 0.3 is 0 Å². The van der Waals surface area contributed by atoms with Crippen molar-refractivity contribution < 1.29 is 4.79 Å². The number of Topliss-reactive ketones (excluding diaryl/α,β-unsaturated/α-hetero) is 1. The number of carbonyl (C=O) groups excluding carboxylic acids is 1. The minimum atomic E-state index is -0.157. The summed E-state index contributed by atoms with van der Waals surface area (Å²) < 4.78 is 4.38. The van der Waals surface area contributed by atoms with Crippen LogP contribution in [0.15, 0.2) is 84.1 Å². The molecule has 1 N–H and O–H groups in total. The number of anilines is 1. The van der Waals surface area contributed by atoms with E-state index in [1.807, 2.05) is 22.9 Å². The van der Waals surface area contributed by atoms with Gasteiger partial charge in [-0.1, -0.05) is 56.3 Å². The summed E-state index contributed by atoms with van der Waals surface area (Å²) in [5.41, 5.74) is 8.54. The summed E-state index contributed by atoms with van der Waals surface area (Å²) in [7, 11) is 0. The first-order chi connectivity index (χ1) is 18.4. The van der Waals surface area contributed by atoms with Crippen LogP contribution in [0.2, 0.25) is 0 Å². The Labute approximate surface area is 222 Å². The van der Waals surface area contributed by atoms with E-state index < -0.39 is 0 Å². The van der Waals surface area contributed by atoms with E-state index in [0.717, 1.165) is 52.6 Å². The number of allylic oxidation sites excluding steroid dienone is 2. The molecule has 0 radical (unpaired) electrons. The van der Waals surface area contributed by atoms with Gasteiger partial charge in [0.05, 0.1) is 11.4 Å². The highest BCUT2D eigenvalue weighted by Crippen LogP contribution is 2.51. The third-order valence-corrected chi connectivity index (χ3v) is 8.32. The summed E-state index contributed by atoms with van der Waals surface area (Å²) in [4.78, 5) is 13.8. The van der Waals surface area contributed by atoms with Crippen molar-refractivity contribution in [1.29, 1.82) is 0 Å². The Kier molecular flexibility index (Phi) is 4.96. The second kappa shape index (κ2) is 8.19. The van der Waals surface area contributed by atoms with E-state index >= 15 is 0 Å². The van der Waals surface area contributed by atoms with Gasteiger partial charge in [-0.3, -0.25) is 4.79 Å². The lowest BCUT2D eigenvalue weighted by molar-refractivity contribution is -0.118. The Bertz CT molecular complexity index is 1780. The molecule has 5 heteroatoms. The Balaban J connectivity index is 1.50. The van der Waals surface area contributed by atoms with Crippen LogP contribution >= 0.6 is 0 Å². The topological polar surface area (TPSA) is 51.9 Å². The predicted octanol–water partition coefficient (Wildman–Crippen LogP) is 7.51. The minimum absolute atomic E-state index is 0.0872. The molecule has 0 saturated heterocycles. The summed E-state index contributed by atoms with van der Waals surface area (Å²) in [6.45, 7) is 9.54. The molecule has 2 aromatic heterocycles. The molecule has 3 heterocycles. The van der Waals surface area contributed by atoms with Gasteiger partial charge in [0, 0.05) is 57.5 Å². The van der Waals surface area contributed by atoms with E-state index in [-0.39, 0.29) is 17.1 Å². The average molecular weight is 501 g/mol. The fourth-order valence-electron chi connectivity index (χ4n) is 6.75. The average Bonchev–Trinajstić information content (AvgIpc) is 3.41. The zero-order valence-corrected chi connectivity index (χ0v) is 22.4. The van der Waals surface area contributed by atoms with Gasteiger partial charge in [0.25, 0.3) is 0 Å². The third-order valence-electron chi connectivity index (χ3n) is 8.32. The number of aryl methyl sites for hydroxylation is 2. The maximum atomic E-state index is 13.8. The molecule has 1 unspecified atom stereocenters. The Hall–Kier alpha value is -4.12. The SMILES string of the molecule is CCn1c2ccccc2c2cc(C3C4=C(CC(C)(C)CC4=O)Nc4c3c(C)nn4-c3ccccc3)ccc21. The number of aromatic nitrogens is 3. The number of hydrogen-bond acceptors (Lipinski definition) is 3. The van der Waals surface area contributed by atoms with Gasteiger partial charge in [-0.15, -0.1) is 0 Å². The predicted molar refractivity (Wildman–Crippen MR) is 154 cm³/mol. The van der Waals surface area contributed by atoms with Crippen molar-refractivity contribution in [2.45, 2.75) is 53.0 Å².